The fourth-order valence-corrected chi connectivity index (χ4v) is 4.13. The minimum Gasteiger partial charge on any atom is -0.507 e. The fourth-order valence-electron chi connectivity index (χ4n) is 3.96. The predicted octanol–water partition coefficient (Wildman–Crippen LogP) is 5.81. The van der Waals surface area contributed by atoms with Gasteiger partial charge < -0.3 is 9.84 Å². The Balaban J connectivity index is 1.95. The third kappa shape index (κ3) is 4.10. The minimum absolute atomic E-state index is 0.0663. The molecular weight excluding hydrogens is 445 g/mol. The van der Waals surface area contributed by atoms with Crippen LogP contribution in [0.1, 0.15) is 29.7 Å². The van der Waals surface area contributed by atoms with Gasteiger partial charge in [-0.05, 0) is 67.4 Å². The summed E-state index contributed by atoms with van der Waals surface area (Å²) >= 11 is 6.17. The van der Waals surface area contributed by atoms with E-state index in [-0.39, 0.29) is 11.3 Å². The lowest BCUT2D eigenvalue weighted by Gasteiger charge is -2.26. The van der Waals surface area contributed by atoms with Crippen molar-refractivity contribution in [2.24, 2.45) is 0 Å². The highest BCUT2D eigenvalue weighted by Crippen LogP contribution is 2.43. The zero-order valence-electron chi connectivity index (χ0n) is 18.0. The van der Waals surface area contributed by atoms with Gasteiger partial charge in [0.15, 0.2) is 0 Å². The summed E-state index contributed by atoms with van der Waals surface area (Å²) in [4.78, 5) is 27.6. The summed E-state index contributed by atoms with van der Waals surface area (Å²) in [5.41, 5.74) is 2.06. The first-order valence-corrected chi connectivity index (χ1v) is 10.8. The third-order valence-corrected chi connectivity index (χ3v) is 5.85. The van der Waals surface area contributed by atoms with Crippen molar-refractivity contribution >= 4 is 34.7 Å². The second kappa shape index (κ2) is 9.08. The van der Waals surface area contributed by atoms with E-state index in [0.717, 1.165) is 5.56 Å². The molecule has 33 heavy (non-hydrogen) atoms. The molecule has 1 aliphatic heterocycles. The first-order valence-electron chi connectivity index (χ1n) is 10.4. The molecule has 0 aromatic heterocycles. The molecule has 1 heterocycles. The van der Waals surface area contributed by atoms with E-state index in [1.165, 1.54) is 35.2 Å². The maximum absolute atomic E-state index is 13.5. The van der Waals surface area contributed by atoms with Crippen molar-refractivity contribution in [3.05, 3.63) is 99.8 Å². The number of ether oxygens (including phenoxy) is 1. The number of halogens is 2. The number of hydrogen-bond acceptors (Lipinski definition) is 4. The number of carbonyl (C=O) groups is 2. The number of hydrogen-bond donors (Lipinski definition) is 1. The summed E-state index contributed by atoms with van der Waals surface area (Å²) in [7, 11) is 0. The van der Waals surface area contributed by atoms with E-state index in [1.54, 1.807) is 31.2 Å². The van der Waals surface area contributed by atoms with Gasteiger partial charge in [-0.3, -0.25) is 14.5 Å². The highest BCUT2D eigenvalue weighted by Gasteiger charge is 2.47. The van der Waals surface area contributed by atoms with E-state index in [2.05, 4.69) is 0 Å². The number of aliphatic hydroxyl groups is 1. The highest BCUT2D eigenvalue weighted by atomic mass is 35.5. The standard InChI is InChI=1S/C26H21ClFNO4/c1-3-33-21-14-16(8-13-20(21)27)24(30)22-23(19-7-5-4-6-15(19)2)29(26(32)25(22)31)18-11-9-17(28)10-12-18/h4-14,23,30H,3H2,1-2H3/b24-22+. The maximum Gasteiger partial charge on any atom is 0.300 e. The van der Waals surface area contributed by atoms with E-state index < -0.39 is 23.5 Å². The molecule has 0 saturated carbocycles. The number of rotatable bonds is 5. The molecule has 1 amide bonds. The van der Waals surface area contributed by atoms with Crippen molar-refractivity contribution in [1.82, 2.24) is 0 Å². The van der Waals surface area contributed by atoms with E-state index in [0.29, 0.717) is 34.2 Å². The van der Waals surface area contributed by atoms with Crippen LogP contribution in [0, 0.1) is 12.7 Å². The lowest BCUT2D eigenvalue weighted by molar-refractivity contribution is -0.132. The van der Waals surface area contributed by atoms with Crippen LogP contribution in [0.2, 0.25) is 5.02 Å². The number of anilines is 1. The zero-order valence-corrected chi connectivity index (χ0v) is 18.8. The molecule has 1 unspecified atom stereocenters. The van der Waals surface area contributed by atoms with Gasteiger partial charge >= 0.3 is 0 Å². The molecule has 1 saturated heterocycles. The van der Waals surface area contributed by atoms with Gasteiger partial charge in [0.1, 0.15) is 17.3 Å². The number of aryl methyl sites for hydroxylation is 1. The first-order chi connectivity index (χ1) is 15.8. The van der Waals surface area contributed by atoms with Crippen LogP contribution in [0.15, 0.2) is 72.3 Å². The number of carbonyl (C=O) groups excluding carboxylic acids is 2. The summed E-state index contributed by atoms with van der Waals surface area (Å²) in [6.07, 6.45) is 0. The second-order valence-corrected chi connectivity index (χ2v) is 7.99. The zero-order chi connectivity index (χ0) is 23.7. The minimum atomic E-state index is -0.900. The van der Waals surface area contributed by atoms with Crippen LogP contribution < -0.4 is 9.64 Å². The number of nitrogens with zero attached hydrogens (tertiary/aromatic N) is 1. The van der Waals surface area contributed by atoms with Crippen LogP contribution in [-0.2, 0) is 9.59 Å². The molecule has 3 aromatic rings. The van der Waals surface area contributed by atoms with Crippen LogP contribution in [0.4, 0.5) is 10.1 Å². The van der Waals surface area contributed by atoms with Gasteiger partial charge in [-0.25, -0.2) is 4.39 Å². The van der Waals surface area contributed by atoms with Crippen molar-refractivity contribution < 1.29 is 23.8 Å². The highest BCUT2D eigenvalue weighted by molar-refractivity contribution is 6.51. The van der Waals surface area contributed by atoms with Gasteiger partial charge in [-0.2, -0.15) is 0 Å². The Hall–Kier alpha value is -3.64. The monoisotopic (exact) mass is 465 g/mol. The summed E-state index contributed by atoms with van der Waals surface area (Å²) in [6, 6.07) is 16.3. The van der Waals surface area contributed by atoms with E-state index >= 15 is 0 Å². The summed E-state index contributed by atoms with van der Waals surface area (Å²) < 4.78 is 19.1. The van der Waals surface area contributed by atoms with Crippen LogP contribution in [0.25, 0.3) is 5.76 Å². The SMILES string of the molecule is CCOc1cc(/C(O)=C2\C(=O)C(=O)N(c3ccc(F)cc3)C2c2ccccc2C)ccc1Cl. The van der Waals surface area contributed by atoms with Crippen molar-refractivity contribution in [1.29, 1.82) is 0 Å². The number of Topliss-reactive ketones (excluding diaryl/α,β-unsaturated/α-hetero) is 1. The third-order valence-electron chi connectivity index (χ3n) is 5.54. The van der Waals surface area contributed by atoms with Gasteiger partial charge in [0.25, 0.3) is 11.7 Å². The van der Waals surface area contributed by atoms with Crippen LogP contribution in [0.3, 0.4) is 0 Å². The molecule has 1 fully saturated rings. The van der Waals surface area contributed by atoms with Crippen LogP contribution in [-0.4, -0.2) is 23.4 Å². The lowest BCUT2D eigenvalue weighted by Crippen LogP contribution is -2.29. The van der Waals surface area contributed by atoms with Crippen molar-refractivity contribution in [2.75, 3.05) is 11.5 Å². The summed E-state index contributed by atoms with van der Waals surface area (Å²) in [5.74, 6) is -2.10. The van der Waals surface area contributed by atoms with Crippen molar-refractivity contribution in [2.45, 2.75) is 19.9 Å². The molecule has 0 aliphatic carbocycles. The molecule has 5 nitrogen and oxygen atoms in total. The van der Waals surface area contributed by atoms with Gasteiger partial charge in [0.05, 0.1) is 23.2 Å². The molecule has 168 valence electrons. The van der Waals surface area contributed by atoms with Gasteiger partial charge in [0, 0.05) is 11.3 Å². The molecule has 1 atom stereocenters. The van der Waals surface area contributed by atoms with Crippen LogP contribution >= 0.6 is 11.6 Å². The maximum atomic E-state index is 13.5. The Kier molecular flexibility index (Phi) is 6.20. The molecule has 1 N–H and O–H groups in total. The average Bonchev–Trinajstić information content (AvgIpc) is 3.06. The number of ketones is 1. The first kappa shape index (κ1) is 22.6. The van der Waals surface area contributed by atoms with E-state index in [1.807, 2.05) is 19.1 Å². The smallest absolute Gasteiger partial charge is 0.300 e. The molecule has 1 aliphatic rings. The molecule has 0 bridgehead atoms. The Morgan fingerprint density at radius 3 is 2.45 bits per heavy atom. The Bertz CT molecular complexity index is 1270. The quantitative estimate of drug-likeness (QED) is 0.293. The average molecular weight is 466 g/mol. The van der Waals surface area contributed by atoms with Crippen molar-refractivity contribution in [3.8, 4) is 5.75 Å². The molecule has 3 aromatic carbocycles. The summed E-state index contributed by atoms with van der Waals surface area (Å²) in [5, 5.41) is 11.6. The normalized spacial score (nSPS) is 17.5. The van der Waals surface area contributed by atoms with Gasteiger partial charge in [-0.15, -0.1) is 0 Å². The largest absolute Gasteiger partial charge is 0.507 e. The Morgan fingerprint density at radius 2 is 1.79 bits per heavy atom. The predicted molar refractivity (Wildman–Crippen MR) is 125 cm³/mol. The lowest BCUT2D eigenvalue weighted by atomic mass is 9.92. The molecule has 0 spiro atoms. The van der Waals surface area contributed by atoms with Gasteiger partial charge in [0.2, 0.25) is 0 Å². The molecular formula is C26H21ClFNO4. The van der Waals surface area contributed by atoms with E-state index in [4.69, 9.17) is 16.3 Å². The van der Waals surface area contributed by atoms with E-state index in [9.17, 15) is 19.1 Å². The number of amides is 1. The molecule has 0 radical (unpaired) electrons. The Morgan fingerprint density at radius 1 is 1.09 bits per heavy atom. The van der Waals surface area contributed by atoms with Crippen LogP contribution in [0.5, 0.6) is 5.75 Å². The second-order valence-electron chi connectivity index (χ2n) is 7.58. The summed E-state index contributed by atoms with van der Waals surface area (Å²) in [6.45, 7) is 4.02. The topological polar surface area (TPSA) is 66.8 Å². The van der Waals surface area contributed by atoms with Gasteiger partial charge in [-0.1, -0.05) is 35.9 Å². The Labute approximate surface area is 195 Å². The fraction of sp³-hybridized carbons (Fsp3) is 0.154. The molecule has 7 heteroatoms. The number of benzene rings is 3. The molecule has 4 rings (SSSR count). The number of aliphatic hydroxyl groups excluding tert-OH is 1. The van der Waals surface area contributed by atoms with Crippen molar-refractivity contribution in [3.63, 3.8) is 0 Å².